The molecule has 0 atom stereocenters. The van der Waals surface area contributed by atoms with E-state index in [1.165, 1.54) is 102 Å². The number of fused-ring (bicyclic) bond motifs is 3. The van der Waals surface area contributed by atoms with Crippen LogP contribution >= 0.6 is 0 Å². The number of rotatable bonds is 2. The van der Waals surface area contributed by atoms with Crippen LogP contribution in [-0.4, -0.2) is 0 Å². The second kappa shape index (κ2) is 8.57. The summed E-state index contributed by atoms with van der Waals surface area (Å²) in [6.45, 7) is 11.9. The van der Waals surface area contributed by atoms with Crippen LogP contribution in [0.1, 0.15) is 105 Å². The van der Waals surface area contributed by atoms with Crippen molar-refractivity contribution in [3.8, 4) is 22.4 Å². The third-order valence-electron chi connectivity index (χ3n) is 10.4. The molecule has 2 saturated carbocycles. The molecule has 0 bridgehead atoms. The molecule has 0 radical (unpaired) electrons. The molecule has 0 aliphatic heterocycles. The first-order valence-electron chi connectivity index (χ1n) is 14.4. The molecule has 1 heteroatoms. The van der Waals surface area contributed by atoms with Gasteiger partial charge in [-0.15, -0.1) is 0 Å². The molecule has 36 heavy (non-hydrogen) atoms. The second-order valence-corrected chi connectivity index (χ2v) is 13.4. The average molecular weight is 479 g/mol. The van der Waals surface area contributed by atoms with Crippen LogP contribution in [-0.2, 0) is 13.5 Å². The number of benzene rings is 2. The van der Waals surface area contributed by atoms with Crippen molar-refractivity contribution in [1.82, 2.24) is 0 Å². The van der Waals surface area contributed by atoms with Gasteiger partial charge in [-0.2, -0.15) is 0 Å². The number of aryl methyl sites for hydroxylation is 4. The van der Waals surface area contributed by atoms with Gasteiger partial charge in [0.15, 0.2) is 6.20 Å². The molecule has 1 spiro atoms. The van der Waals surface area contributed by atoms with E-state index in [2.05, 4.69) is 88.8 Å². The Morgan fingerprint density at radius 1 is 0.778 bits per heavy atom. The first kappa shape index (κ1) is 24.0. The summed E-state index contributed by atoms with van der Waals surface area (Å²) in [7, 11) is 2.28. The van der Waals surface area contributed by atoms with Crippen LogP contribution in [0.25, 0.3) is 22.4 Å². The van der Waals surface area contributed by atoms with Gasteiger partial charge in [0.1, 0.15) is 7.05 Å². The van der Waals surface area contributed by atoms with Crippen molar-refractivity contribution in [2.75, 3.05) is 0 Å². The minimum Gasteiger partial charge on any atom is -0.201 e. The Morgan fingerprint density at radius 2 is 1.44 bits per heavy atom. The lowest BCUT2D eigenvalue weighted by Gasteiger charge is -2.47. The fourth-order valence-electron chi connectivity index (χ4n) is 8.03. The first-order chi connectivity index (χ1) is 17.2. The third kappa shape index (κ3) is 3.94. The lowest BCUT2D eigenvalue weighted by molar-refractivity contribution is -0.661. The zero-order valence-electron chi connectivity index (χ0n) is 23.4. The molecule has 0 N–H and O–H groups in total. The summed E-state index contributed by atoms with van der Waals surface area (Å²) in [5.41, 5.74) is 15.8. The standard InChI is InChI=1S/C35H44N/c1-23-20-31(33-25(3)19-24(2)32-28-10-8-7-9-27(28)21-29(32)33)36(6)22-30(23)26-11-13-35(14-12-26)17-15-34(4,5)16-18-35/h7-10,19-20,22,26H,11-18,21H2,1-6H3/q+1. The van der Waals surface area contributed by atoms with E-state index in [9.17, 15) is 0 Å². The minimum absolute atomic E-state index is 0.567. The second-order valence-electron chi connectivity index (χ2n) is 13.4. The molecule has 3 aromatic rings. The van der Waals surface area contributed by atoms with Crippen molar-refractivity contribution in [3.05, 3.63) is 76.0 Å². The van der Waals surface area contributed by atoms with Crippen LogP contribution in [0, 0.1) is 31.6 Å². The fourth-order valence-corrected chi connectivity index (χ4v) is 8.03. The summed E-state index contributed by atoms with van der Waals surface area (Å²) in [4.78, 5) is 0. The maximum atomic E-state index is 2.50. The molecule has 1 aromatic heterocycles. The van der Waals surface area contributed by atoms with Gasteiger partial charge in [-0.05, 0) is 134 Å². The molecule has 1 heterocycles. The minimum atomic E-state index is 0.567. The van der Waals surface area contributed by atoms with Gasteiger partial charge < -0.3 is 0 Å². The summed E-state index contributed by atoms with van der Waals surface area (Å²) in [6.07, 6.45) is 14.9. The van der Waals surface area contributed by atoms with Crippen LogP contribution in [0.4, 0.5) is 0 Å². The molecule has 3 aliphatic rings. The molecule has 6 rings (SSSR count). The quantitative estimate of drug-likeness (QED) is 0.253. The Labute approximate surface area is 219 Å². The van der Waals surface area contributed by atoms with Crippen molar-refractivity contribution >= 4 is 0 Å². The molecule has 0 unspecified atom stereocenters. The average Bonchev–Trinajstić information content (AvgIpc) is 3.23. The van der Waals surface area contributed by atoms with Crippen LogP contribution in [0.2, 0.25) is 0 Å². The Hall–Kier alpha value is -2.41. The third-order valence-corrected chi connectivity index (χ3v) is 10.4. The highest BCUT2D eigenvalue weighted by Crippen LogP contribution is 2.55. The summed E-state index contributed by atoms with van der Waals surface area (Å²) in [5.74, 6) is 0.722. The van der Waals surface area contributed by atoms with Gasteiger partial charge in [-0.3, -0.25) is 0 Å². The first-order valence-corrected chi connectivity index (χ1v) is 14.4. The van der Waals surface area contributed by atoms with Crippen LogP contribution in [0.3, 0.4) is 0 Å². The summed E-state index contributed by atoms with van der Waals surface area (Å²) in [5, 5.41) is 0. The van der Waals surface area contributed by atoms with Crippen LogP contribution < -0.4 is 4.57 Å². The maximum absolute atomic E-state index is 2.50. The van der Waals surface area contributed by atoms with E-state index in [0.717, 1.165) is 12.3 Å². The Bertz CT molecular complexity index is 1320. The predicted molar refractivity (Wildman–Crippen MR) is 151 cm³/mol. The topological polar surface area (TPSA) is 3.88 Å². The monoisotopic (exact) mass is 478 g/mol. The van der Waals surface area contributed by atoms with Gasteiger partial charge >= 0.3 is 0 Å². The van der Waals surface area contributed by atoms with Crippen molar-refractivity contribution in [1.29, 1.82) is 0 Å². The van der Waals surface area contributed by atoms with Crippen LogP contribution in [0.5, 0.6) is 0 Å². The molecule has 188 valence electrons. The van der Waals surface area contributed by atoms with Gasteiger partial charge in [-0.1, -0.05) is 44.2 Å². The lowest BCUT2D eigenvalue weighted by Crippen LogP contribution is -2.36. The Kier molecular flexibility index (Phi) is 5.71. The van der Waals surface area contributed by atoms with E-state index in [0.29, 0.717) is 10.8 Å². The van der Waals surface area contributed by atoms with E-state index in [1.54, 1.807) is 5.56 Å². The van der Waals surface area contributed by atoms with Gasteiger partial charge in [0.25, 0.3) is 0 Å². The van der Waals surface area contributed by atoms with E-state index >= 15 is 0 Å². The summed E-state index contributed by atoms with van der Waals surface area (Å²) < 4.78 is 2.44. The van der Waals surface area contributed by atoms with E-state index in [-0.39, 0.29) is 0 Å². The van der Waals surface area contributed by atoms with Gasteiger partial charge in [0.2, 0.25) is 5.69 Å². The zero-order valence-corrected chi connectivity index (χ0v) is 23.4. The van der Waals surface area contributed by atoms with Crippen LogP contribution in [0.15, 0.2) is 42.6 Å². The Morgan fingerprint density at radius 3 is 2.17 bits per heavy atom. The maximum Gasteiger partial charge on any atom is 0.213 e. The SMILES string of the molecule is Cc1cc(-c2c(C)cc(C)c3c2Cc2ccccc2-3)[n+](C)cc1C1CCC2(CC1)CCC(C)(C)CC2. The van der Waals surface area contributed by atoms with E-state index < -0.39 is 0 Å². The van der Waals surface area contributed by atoms with Crippen molar-refractivity contribution in [3.63, 3.8) is 0 Å². The van der Waals surface area contributed by atoms with E-state index in [1.807, 2.05) is 0 Å². The highest BCUT2D eigenvalue weighted by atomic mass is 14.9. The lowest BCUT2D eigenvalue weighted by atomic mass is 9.58. The Balaban J connectivity index is 1.31. The molecule has 0 amide bonds. The van der Waals surface area contributed by atoms with Gasteiger partial charge in [0.05, 0.1) is 5.56 Å². The molecule has 3 aliphatic carbocycles. The number of aromatic nitrogens is 1. The largest absolute Gasteiger partial charge is 0.213 e. The predicted octanol–water partition coefficient (Wildman–Crippen LogP) is 8.92. The summed E-state index contributed by atoms with van der Waals surface area (Å²) in [6, 6.07) is 13.9. The van der Waals surface area contributed by atoms with Gasteiger partial charge in [-0.25, -0.2) is 4.57 Å². The number of hydrogen-bond donors (Lipinski definition) is 0. The highest BCUT2D eigenvalue weighted by molar-refractivity contribution is 5.87. The normalized spacial score (nSPS) is 20.4. The molecule has 2 fully saturated rings. The molecule has 2 aromatic carbocycles. The molecule has 1 nitrogen and oxygen atoms in total. The number of pyridine rings is 1. The number of hydrogen-bond acceptors (Lipinski definition) is 0. The fraction of sp³-hybridized carbons (Fsp3) is 0.514. The molecule has 0 saturated heterocycles. The highest BCUT2D eigenvalue weighted by Gasteiger charge is 2.41. The van der Waals surface area contributed by atoms with Crippen molar-refractivity contribution in [2.45, 2.75) is 98.3 Å². The van der Waals surface area contributed by atoms with Crippen molar-refractivity contribution in [2.24, 2.45) is 17.9 Å². The van der Waals surface area contributed by atoms with Gasteiger partial charge in [0, 0.05) is 11.6 Å². The van der Waals surface area contributed by atoms with E-state index in [4.69, 9.17) is 0 Å². The zero-order chi connectivity index (χ0) is 25.2. The molecular formula is C35H44N+. The summed E-state index contributed by atoms with van der Waals surface area (Å²) >= 11 is 0. The smallest absolute Gasteiger partial charge is 0.201 e. The molecular weight excluding hydrogens is 434 g/mol. The number of nitrogens with zero attached hydrogens (tertiary/aromatic N) is 1. The van der Waals surface area contributed by atoms with Crippen molar-refractivity contribution < 1.29 is 4.57 Å².